The molecule has 1 aromatic carbocycles. The van der Waals surface area contributed by atoms with Crippen molar-refractivity contribution in [3.05, 3.63) is 35.4 Å². The Morgan fingerprint density at radius 3 is 2.73 bits per heavy atom. The van der Waals surface area contributed by atoms with Crippen LogP contribution < -0.4 is 5.32 Å². The van der Waals surface area contributed by atoms with Gasteiger partial charge in [-0.15, -0.1) is 0 Å². The highest BCUT2D eigenvalue weighted by molar-refractivity contribution is 5.77. The van der Waals surface area contributed by atoms with Crippen molar-refractivity contribution in [2.24, 2.45) is 0 Å². The molecule has 0 aromatic heterocycles. The molecule has 1 amide bonds. The van der Waals surface area contributed by atoms with Crippen LogP contribution in [0.15, 0.2) is 24.3 Å². The maximum Gasteiger partial charge on any atom is 0.220 e. The van der Waals surface area contributed by atoms with Gasteiger partial charge in [0.1, 0.15) is 0 Å². The molecule has 0 spiro atoms. The average molecular weight is 203 g/mol. The van der Waals surface area contributed by atoms with Gasteiger partial charge < -0.3 is 5.32 Å². The molecule has 1 aromatic rings. The monoisotopic (exact) mass is 203 g/mol. The number of nitrogens with one attached hydrogen (secondary N) is 1. The zero-order chi connectivity index (χ0) is 10.8. The summed E-state index contributed by atoms with van der Waals surface area (Å²) >= 11 is 0. The van der Waals surface area contributed by atoms with Crippen molar-refractivity contribution in [1.82, 2.24) is 5.32 Å². The highest BCUT2D eigenvalue weighted by Crippen LogP contribution is 2.30. The van der Waals surface area contributed by atoms with Gasteiger partial charge in [0.05, 0.1) is 0 Å². The van der Waals surface area contributed by atoms with Crippen molar-refractivity contribution in [2.75, 3.05) is 0 Å². The van der Waals surface area contributed by atoms with Gasteiger partial charge in [0.2, 0.25) is 5.91 Å². The lowest BCUT2D eigenvalue weighted by molar-refractivity contribution is -0.123. The number of hydrogen-bond acceptors (Lipinski definition) is 1. The van der Waals surface area contributed by atoms with E-state index in [0.29, 0.717) is 12.3 Å². The molecule has 2 rings (SSSR count). The van der Waals surface area contributed by atoms with Gasteiger partial charge in [-0.25, -0.2) is 0 Å². The highest BCUT2D eigenvalue weighted by atomic mass is 16.1. The molecule has 80 valence electrons. The van der Waals surface area contributed by atoms with E-state index in [4.69, 9.17) is 0 Å². The summed E-state index contributed by atoms with van der Waals surface area (Å²) in [5.41, 5.74) is 2.70. The SMILES string of the molecule is Cc1ccccc1[C@@H]1CCC(=O)N[C@@H]1C. The molecular weight excluding hydrogens is 186 g/mol. The van der Waals surface area contributed by atoms with E-state index in [-0.39, 0.29) is 11.9 Å². The molecule has 2 heteroatoms. The Morgan fingerprint density at radius 2 is 2.07 bits per heavy atom. The standard InChI is InChI=1S/C13H17NO/c1-9-5-3-4-6-11(9)12-7-8-13(15)14-10(12)2/h3-6,10,12H,7-8H2,1-2H3,(H,14,15)/t10-,12-/m1/s1. The maximum absolute atomic E-state index is 11.2. The van der Waals surface area contributed by atoms with Crippen LogP contribution in [0.25, 0.3) is 0 Å². The van der Waals surface area contributed by atoms with Gasteiger partial charge in [0, 0.05) is 18.4 Å². The first-order valence-electron chi connectivity index (χ1n) is 5.53. The molecule has 0 saturated carbocycles. The topological polar surface area (TPSA) is 29.1 Å². The molecule has 0 unspecified atom stereocenters. The van der Waals surface area contributed by atoms with Crippen LogP contribution in [-0.4, -0.2) is 11.9 Å². The molecule has 2 nitrogen and oxygen atoms in total. The molecule has 15 heavy (non-hydrogen) atoms. The summed E-state index contributed by atoms with van der Waals surface area (Å²) in [7, 11) is 0. The number of aryl methyl sites for hydroxylation is 1. The van der Waals surface area contributed by atoms with Crippen LogP contribution in [0.5, 0.6) is 0 Å². The van der Waals surface area contributed by atoms with E-state index in [9.17, 15) is 4.79 Å². The van der Waals surface area contributed by atoms with E-state index >= 15 is 0 Å². The van der Waals surface area contributed by atoms with Gasteiger partial charge in [-0.05, 0) is 31.4 Å². The Labute approximate surface area is 90.7 Å². The third kappa shape index (κ3) is 2.04. The van der Waals surface area contributed by atoms with Gasteiger partial charge in [0.25, 0.3) is 0 Å². The minimum Gasteiger partial charge on any atom is -0.353 e. The van der Waals surface area contributed by atoms with Crippen LogP contribution in [0.2, 0.25) is 0 Å². The lowest BCUT2D eigenvalue weighted by Gasteiger charge is -2.30. The fourth-order valence-corrected chi connectivity index (χ4v) is 2.39. The molecule has 1 saturated heterocycles. The molecule has 0 bridgehead atoms. The average Bonchev–Trinajstić information content (AvgIpc) is 2.20. The number of carbonyl (C=O) groups is 1. The normalized spacial score (nSPS) is 26.1. The second kappa shape index (κ2) is 4.05. The number of piperidine rings is 1. The summed E-state index contributed by atoms with van der Waals surface area (Å²) in [5, 5.41) is 3.02. The van der Waals surface area contributed by atoms with Gasteiger partial charge in [-0.1, -0.05) is 24.3 Å². The fourth-order valence-electron chi connectivity index (χ4n) is 2.39. The summed E-state index contributed by atoms with van der Waals surface area (Å²) < 4.78 is 0. The zero-order valence-electron chi connectivity index (χ0n) is 9.29. The van der Waals surface area contributed by atoms with Crippen LogP contribution in [0.3, 0.4) is 0 Å². The minimum atomic E-state index is 0.187. The number of rotatable bonds is 1. The predicted molar refractivity (Wildman–Crippen MR) is 60.8 cm³/mol. The van der Waals surface area contributed by atoms with Crippen molar-refractivity contribution < 1.29 is 4.79 Å². The van der Waals surface area contributed by atoms with Gasteiger partial charge >= 0.3 is 0 Å². The van der Waals surface area contributed by atoms with Crippen LogP contribution >= 0.6 is 0 Å². The van der Waals surface area contributed by atoms with Crippen molar-refractivity contribution >= 4 is 5.91 Å². The van der Waals surface area contributed by atoms with E-state index < -0.39 is 0 Å². The Balaban J connectivity index is 2.24. The summed E-state index contributed by atoms with van der Waals surface area (Å²) in [6.45, 7) is 4.23. The Morgan fingerprint density at radius 1 is 1.33 bits per heavy atom. The molecule has 0 aliphatic carbocycles. The van der Waals surface area contributed by atoms with Crippen LogP contribution in [0, 0.1) is 6.92 Å². The molecule has 1 heterocycles. The second-order valence-electron chi connectivity index (χ2n) is 4.36. The first-order chi connectivity index (χ1) is 7.18. The van der Waals surface area contributed by atoms with Crippen molar-refractivity contribution in [3.63, 3.8) is 0 Å². The number of hydrogen-bond donors (Lipinski definition) is 1. The summed E-state index contributed by atoms with van der Waals surface area (Å²) in [5.74, 6) is 0.663. The van der Waals surface area contributed by atoms with Crippen LogP contribution in [0.4, 0.5) is 0 Å². The van der Waals surface area contributed by atoms with Gasteiger partial charge in [0.15, 0.2) is 0 Å². The Bertz CT molecular complexity index is 373. The summed E-state index contributed by atoms with van der Waals surface area (Å²) in [6.07, 6.45) is 1.63. The molecule has 1 aliphatic heterocycles. The smallest absolute Gasteiger partial charge is 0.220 e. The molecular formula is C13H17NO. The lowest BCUT2D eigenvalue weighted by atomic mass is 9.83. The lowest BCUT2D eigenvalue weighted by Crippen LogP contribution is -2.41. The first-order valence-corrected chi connectivity index (χ1v) is 5.53. The number of benzene rings is 1. The van der Waals surface area contributed by atoms with E-state index in [1.54, 1.807) is 0 Å². The zero-order valence-corrected chi connectivity index (χ0v) is 9.29. The quantitative estimate of drug-likeness (QED) is 0.746. The fraction of sp³-hybridized carbons (Fsp3) is 0.462. The largest absolute Gasteiger partial charge is 0.353 e. The summed E-state index contributed by atoms with van der Waals surface area (Å²) in [4.78, 5) is 11.2. The van der Waals surface area contributed by atoms with E-state index in [2.05, 4.69) is 43.4 Å². The molecule has 1 fully saturated rings. The number of amides is 1. The molecule has 1 N–H and O–H groups in total. The second-order valence-corrected chi connectivity index (χ2v) is 4.36. The maximum atomic E-state index is 11.2. The third-order valence-electron chi connectivity index (χ3n) is 3.26. The molecule has 1 aliphatic rings. The molecule has 2 atom stereocenters. The van der Waals surface area contributed by atoms with Crippen molar-refractivity contribution in [2.45, 2.75) is 38.6 Å². The minimum absolute atomic E-state index is 0.187. The predicted octanol–water partition coefficient (Wildman–Crippen LogP) is 2.38. The Hall–Kier alpha value is -1.31. The number of carbonyl (C=O) groups excluding carboxylic acids is 1. The first kappa shape index (κ1) is 10.2. The van der Waals surface area contributed by atoms with E-state index in [1.807, 2.05) is 0 Å². The van der Waals surface area contributed by atoms with Crippen LogP contribution in [0.1, 0.15) is 36.8 Å². The van der Waals surface area contributed by atoms with Crippen molar-refractivity contribution in [1.29, 1.82) is 0 Å². The van der Waals surface area contributed by atoms with E-state index in [0.717, 1.165) is 6.42 Å². The highest BCUT2D eigenvalue weighted by Gasteiger charge is 2.26. The molecule has 0 radical (unpaired) electrons. The van der Waals surface area contributed by atoms with Crippen molar-refractivity contribution in [3.8, 4) is 0 Å². The van der Waals surface area contributed by atoms with E-state index in [1.165, 1.54) is 11.1 Å². The summed E-state index contributed by atoms with van der Waals surface area (Å²) in [6, 6.07) is 8.70. The van der Waals surface area contributed by atoms with Gasteiger partial charge in [-0.2, -0.15) is 0 Å². The third-order valence-corrected chi connectivity index (χ3v) is 3.26. The van der Waals surface area contributed by atoms with Gasteiger partial charge in [-0.3, -0.25) is 4.79 Å². The Kier molecular flexibility index (Phi) is 2.76. The van der Waals surface area contributed by atoms with Crippen LogP contribution in [-0.2, 0) is 4.79 Å².